The number of nitrogens with one attached hydrogen (secondary N) is 1. The van der Waals surface area contributed by atoms with Crippen LogP contribution in [0.2, 0.25) is 0 Å². The van der Waals surface area contributed by atoms with E-state index in [1.54, 1.807) is 6.07 Å². The van der Waals surface area contributed by atoms with Crippen molar-refractivity contribution in [1.29, 1.82) is 0 Å². The maximum Gasteiger partial charge on any atom is 0.251 e. The van der Waals surface area contributed by atoms with Crippen molar-refractivity contribution in [2.45, 2.75) is 38.5 Å². The van der Waals surface area contributed by atoms with Gasteiger partial charge in [-0.15, -0.1) is 10.2 Å². The van der Waals surface area contributed by atoms with Crippen molar-refractivity contribution in [3.8, 4) is 0 Å². The first-order valence-corrected chi connectivity index (χ1v) is 13.0. The van der Waals surface area contributed by atoms with Gasteiger partial charge in [0, 0.05) is 44.0 Å². The molecule has 3 aromatic rings. The van der Waals surface area contributed by atoms with Crippen LogP contribution in [0.5, 0.6) is 0 Å². The van der Waals surface area contributed by atoms with Gasteiger partial charge < -0.3 is 19.7 Å². The minimum absolute atomic E-state index is 0.107. The van der Waals surface area contributed by atoms with E-state index in [1.807, 2.05) is 66.6 Å². The monoisotopic (exact) mass is 492 g/mol. The molecule has 0 unspecified atom stereocenters. The van der Waals surface area contributed by atoms with Gasteiger partial charge in [0.25, 0.3) is 5.91 Å². The van der Waals surface area contributed by atoms with Gasteiger partial charge in [0.15, 0.2) is 11.0 Å². The average Bonchev–Trinajstić information content (AvgIpc) is 3.31. The van der Waals surface area contributed by atoms with E-state index < -0.39 is 0 Å². The first-order valence-electron chi connectivity index (χ1n) is 12.0. The predicted octanol–water partition coefficient (Wildman–Crippen LogP) is 3.54. The second-order valence-electron chi connectivity index (χ2n) is 8.64. The molecule has 0 radical (unpaired) electrons. The van der Waals surface area contributed by atoms with Crippen LogP contribution in [-0.2, 0) is 11.3 Å². The van der Waals surface area contributed by atoms with E-state index >= 15 is 0 Å². The minimum Gasteiger partial charge on any atom is -0.368 e. The normalized spacial score (nSPS) is 14.6. The predicted molar refractivity (Wildman–Crippen MR) is 139 cm³/mol. The lowest BCUT2D eigenvalue weighted by molar-refractivity contribution is -0.128. The molecule has 1 N–H and O–H groups in total. The van der Waals surface area contributed by atoms with E-state index in [0.29, 0.717) is 41.9 Å². The molecule has 2 aromatic carbocycles. The van der Waals surface area contributed by atoms with Crippen molar-refractivity contribution in [3.63, 3.8) is 0 Å². The molecule has 1 aromatic heterocycles. The Bertz CT molecular complexity index is 1160. The lowest BCUT2D eigenvalue weighted by atomic mass is 10.1. The second-order valence-corrected chi connectivity index (χ2v) is 9.58. The molecular formula is C26H32N6O2S. The lowest BCUT2D eigenvalue weighted by Crippen LogP contribution is -2.49. The molecule has 2 amide bonds. The zero-order valence-electron chi connectivity index (χ0n) is 20.5. The van der Waals surface area contributed by atoms with Crippen LogP contribution in [0.1, 0.15) is 41.6 Å². The van der Waals surface area contributed by atoms with Crippen LogP contribution in [0.25, 0.3) is 0 Å². The molecule has 1 aliphatic rings. The standard InChI is InChI=1S/C26H32N6O2S/c1-4-32-24(20(3)27-25(34)21-10-8-9-19(2)17-21)28-29-26(32)35-18-23(33)31-15-13-30(14-16-31)22-11-6-5-7-12-22/h5-12,17,20H,4,13-16,18H2,1-3H3,(H,27,34)/t20-/m1/s1. The maximum atomic E-state index is 12.9. The molecule has 4 rings (SSSR count). The fourth-order valence-corrected chi connectivity index (χ4v) is 5.14. The first-order chi connectivity index (χ1) is 17.0. The van der Waals surface area contributed by atoms with Crippen LogP contribution in [0, 0.1) is 6.92 Å². The Balaban J connectivity index is 1.32. The smallest absolute Gasteiger partial charge is 0.251 e. The van der Waals surface area contributed by atoms with Crippen molar-refractivity contribution < 1.29 is 9.59 Å². The van der Waals surface area contributed by atoms with E-state index in [1.165, 1.54) is 17.4 Å². The van der Waals surface area contributed by atoms with Gasteiger partial charge in [-0.25, -0.2) is 0 Å². The summed E-state index contributed by atoms with van der Waals surface area (Å²) in [5, 5.41) is 12.3. The Labute approximate surface area is 210 Å². The zero-order chi connectivity index (χ0) is 24.8. The van der Waals surface area contributed by atoms with Crippen LogP contribution in [0.4, 0.5) is 5.69 Å². The summed E-state index contributed by atoms with van der Waals surface area (Å²) in [6, 6.07) is 17.5. The van der Waals surface area contributed by atoms with Crippen LogP contribution in [0.15, 0.2) is 59.8 Å². The number of amides is 2. The highest BCUT2D eigenvalue weighted by molar-refractivity contribution is 7.99. The van der Waals surface area contributed by atoms with Crippen LogP contribution < -0.4 is 10.2 Å². The third kappa shape index (κ3) is 6.03. The van der Waals surface area contributed by atoms with Crippen LogP contribution in [0.3, 0.4) is 0 Å². The molecule has 1 aliphatic heterocycles. The molecule has 1 fully saturated rings. The molecule has 2 heterocycles. The number of rotatable bonds is 8. The maximum absolute atomic E-state index is 12.9. The molecular weight excluding hydrogens is 460 g/mol. The van der Waals surface area contributed by atoms with Gasteiger partial charge in [-0.3, -0.25) is 9.59 Å². The number of nitrogens with zero attached hydrogens (tertiary/aromatic N) is 5. The Hall–Kier alpha value is -3.33. The number of carbonyl (C=O) groups is 2. The Kier molecular flexibility index (Phi) is 8.07. The molecule has 0 aliphatic carbocycles. The summed E-state index contributed by atoms with van der Waals surface area (Å²) in [6.07, 6.45) is 0. The van der Waals surface area contributed by atoms with Gasteiger partial charge in [0.1, 0.15) is 0 Å². The number of thioether (sulfide) groups is 1. The Morgan fingerprint density at radius 1 is 1.03 bits per heavy atom. The number of hydrogen-bond donors (Lipinski definition) is 1. The second kappa shape index (κ2) is 11.4. The molecule has 35 heavy (non-hydrogen) atoms. The third-order valence-corrected chi connectivity index (χ3v) is 7.11. The lowest BCUT2D eigenvalue weighted by Gasteiger charge is -2.36. The minimum atomic E-state index is -0.313. The first kappa shape index (κ1) is 24.8. The number of benzene rings is 2. The number of aryl methyl sites for hydroxylation is 1. The summed E-state index contributed by atoms with van der Waals surface area (Å²) < 4.78 is 1.96. The number of hydrogen-bond acceptors (Lipinski definition) is 6. The molecule has 184 valence electrons. The number of para-hydroxylation sites is 1. The van der Waals surface area contributed by atoms with Crippen molar-refractivity contribution in [3.05, 3.63) is 71.5 Å². The summed E-state index contributed by atoms with van der Waals surface area (Å²) in [5.74, 6) is 0.953. The van der Waals surface area contributed by atoms with Gasteiger partial charge in [-0.05, 0) is 45.0 Å². The zero-order valence-corrected chi connectivity index (χ0v) is 21.3. The van der Waals surface area contributed by atoms with E-state index in [4.69, 9.17) is 0 Å². The topological polar surface area (TPSA) is 83.4 Å². The molecule has 0 spiro atoms. The van der Waals surface area contributed by atoms with Crippen molar-refractivity contribution >= 4 is 29.3 Å². The highest BCUT2D eigenvalue weighted by Gasteiger charge is 2.24. The van der Waals surface area contributed by atoms with Gasteiger partial charge in [0.2, 0.25) is 5.91 Å². The molecule has 1 saturated heterocycles. The summed E-state index contributed by atoms with van der Waals surface area (Å²) >= 11 is 1.40. The Morgan fingerprint density at radius 2 is 1.77 bits per heavy atom. The van der Waals surface area contributed by atoms with Gasteiger partial charge >= 0.3 is 0 Å². The number of piperazine rings is 1. The fourth-order valence-electron chi connectivity index (χ4n) is 4.23. The van der Waals surface area contributed by atoms with Gasteiger partial charge in [-0.2, -0.15) is 0 Å². The van der Waals surface area contributed by atoms with Gasteiger partial charge in [0.05, 0.1) is 11.8 Å². The van der Waals surface area contributed by atoms with E-state index in [9.17, 15) is 9.59 Å². The summed E-state index contributed by atoms with van der Waals surface area (Å²) in [4.78, 5) is 29.8. The van der Waals surface area contributed by atoms with Crippen LogP contribution in [-0.4, -0.2) is 63.4 Å². The van der Waals surface area contributed by atoms with E-state index in [0.717, 1.165) is 18.7 Å². The third-order valence-electron chi connectivity index (χ3n) is 6.16. The molecule has 0 saturated carbocycles. The van der Waals surface area contributed by atoms with E-state index in [2.05, 4.69) is 32.5 Å². The fraction of sp³-hybridized carbons (Fsp3) is 0.385. The molecule has 1 atom stereocenters. The summed E-state index contributed by atoms with van der Waals surface area (Å²) in [6.45, 7) is 9.60. The average molecular weight is 493 g/mol. The van der Waals surface area contributed by atoms with E-state index in [-0.39, 0.29) is 17.9 Å². The Morgan fingerprint density at radius 3 is 2.46 bits per heavy atom. The van der Waals surface area contributed by atoms with Crippen molar-refractivity contribution in [2.75, 3.05) is 36.8 Å². The highest BCUT2D eigenvalue weighted by Crippen LogP contribution is 2.22. The van der Waals surface area contributed by atoms with Gasteiger partial charge in [-0.1, -0.05) is 47.7 Å². The van der Waals surface area contributed by atoms with Crippen LogP contribution >= 0.6 is 11.8 Å². The number of anilines is 1. The summed E-state index contributed by atoms with van der Waals surface area (Å²) in [7, 11) is 0. The van der Waals surface area contributed by atoms with Crippen molar-refractivity contribution in [2.24, 2.45) is 0 Å². The molecule has 0 bridgehead atoms. The SMILES string of the molecule is CCn1c(SCC(=O)N2CCN(c3ccccc3)CC2)nnc1[C@@H](C)NC(=O)c1cccc(C)c1. The number of aromatic nitrogens is 3. The number of carbonyl (C=O) groups excluding carboxylic acids is 2. The summed E-state index contributed by atoms with van der Waals surface area (Å²) in [5.41, 5.74) is 2.85. The molecule has 8 nitrogen and oxygen atoms in total. The largest absolute Gasteiger partial charge is 0.368 e. The molecule has 9 heteroatoms. The quantitative estimate of drug-likeness (QED) is 0.485. The highest BCUT2D eigenvalue weighted by atomic mass is 32.2. The van der Waals surface area contributed by atoms with Crippen molar-refractivity contribution in [1.82, 2.24) is 25.0 Å².